The first-order valence-corrected chi connectivity index (χ1v) is 11.5. The minimum Gasteiger partial charge on any atom is -0.467 e. The predicted molar refractivity (Wildman–Crippen MR) is 129 cm³/mol. The quantitative estimate of drug-likeness (QED) is 0.385. The van der Waals surface area contributed by atoms with Crippen molar-refractivity contribution in [3.63, 3.8) is 0 Å². The van der Waals surface area contributed by atoms with Crippen molar-refractivity contribution in [2.45, 2.75) is 39.4 Å². The van der Waals surface area contributed by atoms with Gasteiger partial charge >= 0.3 is 6.18 Å². The van der Waals surface area contributed by atoms with Crippen LogP contribution in [0.2, 0.25) is 10.0 Å². The van der Waals surface area contributed by atoms with Crippen molar-refractivity contribution in [2.24, 2.45) is 0 Å². The number of pyridine rings is 1. The monoisotopic (exact) mass is 543 g/mol. The summed E-state index contributed by atoms with van der Waals surface area (Å²) < 4.78 is 43.7. The summed E-state index contributed by atoms with van der Waals surface area (Å²) in [4.78, 5) is 30.3. The molecule has 13 heteroatoms. The van der Waals surface area contributed by atoms with Gasteiger partial charge in [-0.1, -0.05) is 30.1 Å². The topological polar surface area (TPSA) is 98.1 Å². The number of ether oxygens (including phenoxy) is 1. The Kier molecular flexibility index (Phi) is 8.47. The Bertz CT molecular complexity index is 1280. The number of amides is 2. The Balaban J connectivity index is 2.03. The number of nitrogens with one attached hydrogen (secondary N) is 2. The number of nitrogens with zero attached hydrogens (tertiary/aromatic N) is 3. The number of carbonyl (C=O) groups is 2. The van der Waals surface area contributed by atoms with Gasteiger partial charge in [0.05, 0.1) is 16.3 Å². The molecule has 0 aliphatic carbocycles. The molecule has 0 saturated heterocycles. The summed E-state index contributed by atoms with van der Waals surface area (Å²) in [5, 5.41) is 9.77. The van der Waals surface area contributed by atoms with Gasteiger partial charge in [-0.05, 0) is 50.1 Å². The van der Waals surface area contributed by atoms with E-state index in [0.717, 1.165) is 10.7 Å². The molecule has 0 spiro atoms. The van der Waals surface area contributed by atoms with Crippen LogP contribution in [0.4, 0.5) is 18.9 Å². The van der Waals surface area contributed by atoms with Crippen molar-refractivity contribution in [1.29, 1.82) is 0 Å². The number of halogens is 5. The molecule has 1 aromatic carbocycles. The van der Waals surface area contributed by atoms with Crippen molar-refractivity contribution in [3.8, 4) is 11.7 Å². The van der Waals surface area contributed by atoms with E-state index in [-0.39, 0.29) is 38.8 Å². The number of carbonyl (C=O) groups excluding carboxylic acids is 2. The summed E-state index contributed by atoms with van der Waals surface area (Å²) >= 11 is 12.3. The largest absolute Gasteiger partial charge is 0.467 e. The van der Waals surface area contributed by atoms with Crippen LogP contribution in [0.3, 0.4) is 0 Å². The lowest BCUT2D eigenvalue weighted by atomic mass is 10.1. The number of hydrogen-bond donors (Lipinski definition) is 2. The zero-order chi connectivity index (χ0) is 26.6. The van der Waals surface area contributed by atoms with Crippen molar-refractivity contribution in [1.82, 2.24) is 20.1 Å². The van der Waals surface area contributed by atoms with Crippen LogP contribution in [0, 0.1) is 6.92 Å². The van der Waals surface area contributed by atoms with Crippen LogP contribution in [0.15, 0.2) is 36.5 Å². The highest BCUT2D eigenvalue weighted by molar-refractivity contribution is 6.32. The van der Waals surface area contributed by atoms with Gasteiger partial charge < -0.3 is 15.4 Å². The van der Waals surface area contributed by atoms with Gasteiger partial charge in [-0.2, -0.15) is 13.2 Å². The van der Waals surface area contributed by atoms with Crippen LogP contribution in [-0.4, -0.2) is 45.4 Å². The van der Waals surface area contributed by atoms with E-state index in [1.807, 2.05) is 13.8 Å². The zero-order valence-corrected chi connectivity index (χ0v) is 20.9. The first kappa shape index (κ1) is 27.3. The predicted octanol–water partition coefficient (Wildman–Crippen LogP) is 5.60. The molecule has 2 aromatic heterocycles. The van der Waals surface area contributed by atoms with Gasteiger partial charge in [0, 0.05) is 23.3 Å². The maximum Gasteiger partial charge on any atom is 0.422 e. The third-order valence-electron chi connectivity index (χ3n) is 5.02. The maximum absolute atomic E-state index is 13.3. The van der Waals surface area contributed by atoms with Crippen molar-refractivity contribution in [2.75, 3.05) is 11.9 Å². The van der Waals surface area contributed by atoms with Gasteiger partial charge in [0.25, 0.3) is 11.8 Å². The van der Waals surface area contributed by atoms with Crippen LogP contribution < -0.4 is 15.4 Å². The molecule has 2 amide bonds. The molecule has 0 radical (unpaired) electrons. The molecular formula is C23H22Cl2F3N5O3. The Hall–Kier alpha value is -3.31. The van der Waals surface area contributed by atoms with Crippen molar-refractivity contribution < 1.29 is 27.5 Å². The Morgan fingerprint density at radius 3 is 2.56 bits per heavy atom. The molecule has 3 aromatic rings. The summed E-state index contributed by atoms with van der Waals surface area (Å²) in [6, 6.07) is 6.87. The maximum atomic E-state index is 13.3. The molecule has 192 valence electrons. The Labute approximate surface area is 214 Å². The normalized spacial score (nSPS) is 12.2. The van der Waals surface area contributed by atoms with Crippen molar-refractivity contribution >= 4 is 40.7 Å². The first-order chi connectivity index (χ1) is 16.9. The van der Waals surface area contributed by atoms with E-state index in [0.29, 0.717) is 12.0 Å². The molecule has 36 heavy (non-hydrogen) atoms. The van der Waals surface area contributed by atoms with Crippen LogP contribution in [0.25, 0.3) is 5.82 Å². The molecule has 8 nitrogen and oxygen atoms in total. The number of alkyl halides is 3. The van der Waals surface area contributed by atoms with E-state index >= 15 is 0 Å². The highest BCUT2D eigenvalue weighted by Gasteiger charge is 2.30. The Morgan fingerprint density at radius 2 is 1.92 bits per heavy atom. The lowest BCUT2D eigenvalue weighted by molar-refractivity contribution is -0.154. The van der Waals surface area contributed by atoms with Gasteiger partial charge in [-0.3, -0.25) is 9.59 Å². The van der Waals surface area contributed by atoms with E-state index < -0.39 is 30.5 Å². The fourth-order valence-corrected chi connectivity index (χ4v) is 3.59. The molecule has 1 unspecified atom stereocenters. The van der Waals surface area contributed by atoms with E-state index in [1.54, 1.807) is 13.0 Å². The SMILES string of the molecule is CCC(C)NC(=O)c1cc(Cl)cc(C)c1NC(=O)c1cc(OCC(F)(F)F)nn1-c1ncccc1Cl. The second-order valence-electron chi connectivity index (χ2n) is 7.87. The number of hydrogen-bond acceptors (Lipinski definition) is 5. The minimum atomic E-state index is -4.62. The van der Waals surface area contributed by atoms with Gasteiger partial charge in [0.2, 0.25) is 5.88 Å². The van der Waals surface area contributed by atoms with Crippen LogP contribution >= 0.6 is 23.2 Å². The second kappa shape index (κ2) is 11.2. The van der Waals surface area contributed by atoms with Crippen LogP contribution in [0.1, 0.15) is 46.7 Å². The fraction of sp³-hybridized carbons (Fsp3) is 0.304. The third-order valence-corrected chi connectivity index (χ3v) is 5.53. The molecule has 0 aliphatic heterocycles. The third kappa shape index (κ3) is 6.67. The van der Waals surface area contributed by atoms with Gasteiger partial charge in [-0.25, -0.2) is 9.67 Å². The summed E-state index contributed by atoms with van der Waals surface area (Å²) in [6.07, 6.45) is -2.56. The van der Waals surface area contributed by atoms with Crippen LogP contribution in [-0.2, 0) is 0 Å². The van der Waals surface area contributed by atoms with E-state index in [9.17, 15) is 22.8 Å². The summed E-state index contributed by atoms with van der Waals surface area (Å²) in [5.41, 5.74) is 0.544. The molecule has 0 saturated carbocycles. The number of aryl methyl sites for hydroxylation is 1. The van der Waals surface area contributed by atoms with Gasteiger partial charge in [0.15, 0.2) is 12.4 Å². The fourth-order valence-electron chi connectivity index (χ4n) is 3.11. The van der Waals surface area contributed by atoms with E-state index in [4.69, 9.17) is 27.9 Å². The number of aromatic nitrogens is 3. The average molecular weight is 544 g/mol. The lowest BCUT2D eigenvalue weighted by Gasteiger charge is -2.17. The molecule has 1 atom stereocenters. The average Bonchev–Trinajstić information content (AvgIpc) is 3.23. The van der Waals surface area contributed by atoms with Gasteiger partial charge in [0.1, 0.15) is 5.69 Å². The van der Waals surface area contributed by atoms with Crippen LogP contribution in [0.5, 0.6) is 5.88 Å². The molecule has 0 bridgehead atoms. The molecular weight excluding hydrogens is 522 g/mol. The molecule has 0 aliphatic rings. The number of rotatable bonds is 8. The highest BCUT2D eigenvalue weighted by atomic mass is 35.5. The first-order valence-electron chi connectivity index (χ1n) is 10.7. The standard InChI is InChI=1S/C23H22Cl2F3N5O3/c1-4-13(3)30-21(34)15-9-14(24)8-12(2)19(15)31-22(35)17-10-18(36-11-23(26,27)28)32-33(17)20-16(25)6-5-7-29-20/h5-10,13H,4,11H2,1-3H3,(H,30,34)(H,31,35). The minimum absolute atomic E-state index is 0.00580. The smallest absolute Gasteiger partial charge is 0.422 e. The number of anilines is 1. The second-order valence-corrected chi connectivity index (χ2v) is 8.72. The van der Waals surface area contributed by atoms with E-state index in [1.165, 1.54) is 24.4 Å². The van der Waals surface area contributed by atoms with Crippen molar-refractivity contribution in [3.05, 3.63) is 63.4 Å². The summed E-state index contributed by atoms with van der Waals surface area (Å²) in [5.74, 6) is -1.73. The summed E-state index contributed by atoms with van der Waals surface area (Å²) in [6.45, 7) is 3.76. The number of benzene rings is 1. The van der Waals surface area contributed by atoms with E-state index in [2.05, 4.69) is 20.7 Å². The molecule has 2 heterocycles. The lowest BCUT2D eigenvalue weighted by Crippen LogP contribution is -2.33. The van der Waals surface area contributed by atoms with Gasteiger partial charge in [-0.15, -0.1) is 5.10 Å². The Morgan fingerprint density at radius 1 is 1.19 bits per heavy atom. The zero-order valence-electron chi connectivity index (χ0n) is 19.4. The summed E-state index contributed by atoms with van der Waals surface area (Å²) in [7, 11) is 0. The highest BCUT2D eigenvalue weighted by Crippen LogP contribution is 2.28. The molecule has 0 fully saturated rings. The molecule has 2 N–H and O–H groups in total. The molecule has 3 rings (SSSR count).